The number of rotatable bonds is 3. The molecule has 2 atom stereocenters. The summed E-state index contributed by atoms with van der Waals surface area (Å²) in [4.78, 5) is 28.0. The van der Waals surface area contributed by atoms with Crippen LogP contribution in [0.5, 0.6) is 0 Å². The highest BCUT2D eigenvalue weighted by molar-refractivity contribution is 7.12. The highest BCUT2D eigenvalue weighted by Crippen LogP contribution is 2.24. The maximum atomic E-state index is 13.1. The van der Waals surface area contributed by atoms with Crippen molar-refractivity contribution in [1.29, 1.82) is 0 Å². The second kappa shape index (κ2) is 6.98. The first-order valence-electron chi connectivity index (χ1n) is 8.70. The minimum absolute atomic E-state index is 0.00331. The van der Waals surface area contributed by atoms with E-state index in [1.165, 1.54) is 17.8 Å². The number of nitrogens with one attached hydrogen (secondary N) is 2. The normalized spacial score (nSPS) is 22.5. The molecule has 1 aromatic heterocycles. The minimum atomic E-state index is -0.174. The number of benzene rings is 1. The maximum absolute atomic E-state index is 13.1. The maximum Gasteiger partial charge on any atom is 0.265 e. The van der Waals surface area contributed by atoms with Gasteiger partial charge < -0.3 is 15.5 Å². The Balaban J connectivity index is 1.53. The number of fused-ring (bicyclic) bond motifs is 2. The molecule has 2 aliphatic heterocycles. The molecule has 0 saturated carbocycles. The molecule has 2 unspecified atom stereocenters. The monoisotopic (exact) mass is 355 g/mol. The van der Waals surface area contributed by atoms with Gasteiger partial charge in [0.25, 0.3) is 11.8 Å². The van der Waals surface area contributed by atoms with Gasteiger partial charge in [-0.05, 0) is 42.8 Å². The van der Waals surface area contributed by atoms with Crippen molar-refractivity contribution in [3.63, 3.8) is 0 Å². The largest absolute Gasteiger partial charge is 0.337 e. The molecule has 2 aromatic rings. The van der Waals surface area contributed by atoms with Crippen molar-refractivity contribution >= 4 is 28.8 Å². The Bertz CT molecular complexity index is 775. The van der Waals surface area contributed by atoms with E-state index in [2.05, 4.69) is 10.6 Å². The van der Waals surface area contributed by atoms with Crippen molar-refractivity contribution < 1.29 is 9.59 Å². The number of amides is 2. The van der Waals surface area contributed by atoms with Crippen molar-refractivity contribution in [3.05, 3.63) is 52.2 Å². The Kier molecular flexibility index (Phi) is 4.55. The van der Waals surface area contributed by atoms with Gasteiger partial charge in [-0.15, -0.1) is 11.3 Å². The van der Waals surface area contributed by atoms with Crippen molar-refractivity contribution in [2.75, 3.05) is 18.4 Å². The molecule has 3 heterocycles. The first-order valence-corrected chi connectivity index (χ1v) is 9.58. The van der Waals surface area contributed by atoms with E-state index in [4.69, 9.17) is 0 Å². The van der Waals surface area contributed by atoms with E-state index in [0.717, 1.165) is 25.9 Å². The molecule has 4 rings (SSSR count). The van der Waals surface area contributed by atoms with Crippen LogP contribution < -0.4 is 10.6 Å². The SMILES string of the molecule is O=C(Nc1ccccc1C(=O)N1CCC2CCC(C1)N2)c1cccs1. The summed E-state index contributed by atoms with van der Waals surface area (Å²) >= 11 is 1.39. The first kappa shape index (κ1) is 16.3. The Labute approximate surface area is 151 Å². The average Bonchev–Trinajstić information content (AvgIpc) is 3.25. The molecule has 0 aliphatic carbocycles. The second-order valence-electron chi connectivity index (χ2n) is 6.65. The van der Waals surface area contributed by atoms with Gasteiger partial charge in [0.2, 0.25) is 0 Å². The third-order valence-electron chi connectivity index (χ3n) is 4.96. The van der Waals surface area contributed by atoms with Gasteiger partial charge in [0, 0.05) is 25.2 Å². The van der Waals surface area contributed by atoms with Gasteiger partial charge in [0.15, 0.2) is 0 Å². The van der Waals surface area contributed by atoms with Crippen LogP contribution in [0.15, 0.2) is 41.8 Å². The lowest BCUT2D eigenvalue weighted by atomic mass is 10.1. The van der Waals surface area contributed by atoms with Crippen LogP contribution in [0.1, 0.15) is 39.3 Å². The van der Waals surface area contributed by atoms with Crippen LogP contribution in [0.4, 0.5) is 5.69 Å². The predicted molar refractivity (Wildman–Crippen MR) is 99.2 cm³/mol. The Morgan fingerprint density at radius 1 is 1.08 bits per heavy atom. The predicted octanol–water partition coefficient (Wildman–Crippen LogP) is 2.97. The number of hydrogen-bond donors (Lipinski definition) is 2. The average molecular weight is 355 g/mol. The summed E-state index contributed by atoms with van der Waals surface area (Å²) in [5, 5.41) is 8.35. The van der Waals surface area contributed by atoms with Crippen molar-refractivity contribution in [1.82, 2.24) is 10.2 Å². The Morgan fingerprint density at radius 2 is 1.92 bits per heavy atom. The molecule has 6 heteroatoms. The molecule has 2 amide bonds. The molecule has 2 bridgehead atoms. The van der Waals surface area contributed by atoms with Crippen molar-refractivity contribution in [3.8, 4) is 0 Å². The lowest BCUT2D eigenvalue weighted by Crippen LogP contribution is -2.39. The summed E-state index contributed by atoms with van der Waals surface area (Å²) in [5.74, 6) is -0.178. The Morgan fingerprint density at radius 3 is 2.76 bits per heavy atom. The molecular formula is C19H21N3O2S. The molecule has 2 aliphatic rings. The van der Waals surface area contributed by atoms with E-state index in [9.17, 15) is 9.59 Å². The van der Waals surface area contributed by atoms with E-state index < -0.39 is 0 Å². The molecule has 2 saturated heterocycles. The summed E-state index contributed by atoms with van der Waals surface area (Å²) < 4.78 is 0. The van der Waals surface area contributed by atoms with Crippen LogP contribution in [0.3, 0.4) is 0 Å². The molecule has 0 radical (unpaired) electrons. The van der Waals surface area contributed by atoms with Gasteiger partial charge in [-0.1, -0.05) is 18.2 Å². The van der Waals surface area contributed by atoms with Crippen molar-refractivity contribution in [2.45, 2.75) is 31.3 Å². The first-order chi connectivity index (χ1) is 12.2. The van der Waals surface area contributed by atoms with Crippen LogP contribution in [-0.4, -0.2) is 41.9 Å². The number of hydrogen-bond acceptors (Lipinski definition) is 4. The number of nitrogens with zero attached hydrogens (tertiary/aromatic N) is 1. The molecular weight excluding hydrogens is 334 g/mol. The summed E-state index contributed by atoms with van der Waals surface area (Å²) in [6.45, 7) is 1.50. The number of para-hydroxylation sites is 1. The zero-order chi connectivity index (χ0) is 17.2. The topological polar surface area (TPSA) is 61.4 Å². The summed E-state index contributed by atoms with van der Waals surface area (Å²) in [5.41, 5.74) is 1.14. The highest BCUT2D eigenvalue weighted by atomic mass is 32.1. The summed E-state index contributed by atoms with van der Waals surface area (Å²) in [7, 11) is 0. The summed E-state index contributed by atoms with van der Waals surface area (Å²) in [6.07, 6.45) is 3.33. The molecule has 2 fully saturated rings. The smallest absolute Gasteiger partial charge is 0.265 e. The molecule has 130 valence electrons. The second-order valence-corrected chi connectivity index (χ2v) is 7.60. The molecule has 25 heavy (non-hydrogen) atoms. The minimum Gasteiger partial charge on any atom is -0.337 e. The zero-order valence-electron chi connectivity index (χ0n) is 13.9. The third-order valence-corrected chi connectivity index (χ3v) is 5.83. The fourth-order valence-electron chi connectivity index (χ4n) is 3.67. The van der Waals surface area contributed by atoms with Crippen molar-refractivity contribution in [2.24, 2.45) is 0 Å². The number of thiophene rings is 1. The van der Waals surface area contributed by atoms with E-state index in [-0.39, 0.29) is 11.8 Å². The van der Waals surface area contributed by atoms with Gasteiger partial charge in [0.1, 0.15) is 0 Å². The van der Waals surface area contributed by atoms with Crippen LogP contribution in [0.25, 0.3) is 0 Å². The van der Waals surface area contributed by atoms with Gasteiger partial charge in [-0.25, -0.2) is 0 Å². The van der Waals surface area contributed by atoms with Gasteiger partial charge in [0.05, 0.1) is 16.1 Å². The van der Waals surface area contributed by atoms with Crippen LogP contribution in [0.2, 0.25) is 0 Å². The van der Waals surface area contributed by atoms with Crippen LogP contribution >= 0.6 is 11.3 Å². The lowest BCUT2D eigenvalue weighted by Gasteiger charge is -2.25. The molecule has 0 spiro atoms. The fourth-order valence-corrected chi connectivity index (χ4v) is 4.29. The number of carbonyl (C=O) groups excluding carboxylic acids is 2. The van der Waals surface area contributed by atoms with Gasteiger partial charge in [-0.3, -0.25) is 9.59 Å². The quantitative estimate of drug-likeness (QED) is 0.890. The molecule has 1 aromatic carbocycles. The lowest BCUT2D eigenvalue weighted by molar-refractivity contribution is 0.0749. The van der Waals surface area contributed by atoms with Gasteiger partial charge in [-0.2, -0.15) is 0 Å². The van der Waals surface area contributed by atoms with E-state index in [0.29, 0.717) is 28.2 Å². The number of anilines is 1. The number of carbonyl (C=O) groups is 2. The van der Waals surface area contributed by atoms with E-state index >= 15 is 0 Å². The van der Waals surface area contributed by atoms with E-state index in [1.807, 2.05) is 28.5 Å². The number of likely N-dealkylation sites (tertiary alicyclic amines) is 1. The van der Waals surface area contributed by atoms with E-state index in [1.54, 1.807) is 18.2 Å². The standard InChI is InChI=1S/C19H21N3O2S/c23-18(17-6-3-11-25-17)21-16-5-2-1-4-15(16)19(24)22-10-9-13-7-8-14(12-22)20-13/h1-6,11,13-14,20H,7-10,12H2,(H,21,23). The summed E-state index contributed by atoms with van der Waals surface area (Å²) in [6, 6.07) is 11.8. The van der Waals surface area contributed by atoms with Gasteiger partial charge >= 0.3 is 0 Å². The zero-order valence-corrected chi connectivity index (χ0v) is 14.7. The fraction of sp³-hybridized carbons (Fsp3) is 0.368. The molecule has 2 N–H and O–H groups in total. The van der Waals surface area contributed by atoms with Crippen LogP contribution in [-0.2, 0) is 0 Å². The highest BCUT2D eigenvalue weighted by Gasteiger charge is 2.32. The third kappa shape index (κ3) is 3.45. The Hall–Kier alpha value is -2.18. The van der Waals surface area contributed by atoms with Crippen LogP contribution in [0, 0.1) is 0 Å². The molecule has 5 nitrogen and oxygen atoms in total.